The lowest BCUT2D eigenvalue weighted by molar-refractivity contribution is 0.686. The summed E-state index contributed by atoms with van der Waals surface area (Å²) in [4.78, 5) is 0. The second-order valence-electron chi connectivity index (χ2n) is 5.07. The van der Waals surface area contributed by atoms with Crippen LogP contribution in [0.4, 0.5) is 0 Å². The molecule has 2 heteroatoms. The Kier molecular flexibility index (Phi) is 4.43. The zero-order chi connectivity index (χ0) is 14.0. The molecule has 2 rings (SSSR count). The van der Waals surface area contributed by atoms with Gasteiger partial charge in [0.05, 0.1) is 6.04 Å². The SMILES string of the molecule is CNC(c1ccc(Br)cc1)c1cc(C)c(C)cc1C. The van der Waals surface area contributed by atoms with Gasteiger partial charge in [-0.1, -0.05) is 40.2 Å². The fourth-order valence-corrected chi connectivity index (χ4v) is 2.72. The summed E-state index contributed by atoms with van der Waals surface area (Å²) in [6, 6.07) is 13.3. The van der Waals surface area contributed by atoms with E-state index >= 15 is 0 Å². The maximum atomic E-state index is 3.49. The Balaban J connectivity index is 2.47. The molecule has 0 aliphatic heterocycles. The fourth-order valence-electron chi connectivity index (χ4n) is 2.45. The molecule has 0 heterocycles. The number of aryl methyl sites for hydroxylation is 3. The Bertz CT molecular complexity index is 573. The number of nitrogens with one attached hydrogen (secondary N) is 1. The maximum absolute atomic E-state index is 3.49. The molecule has 1 atom stereocenters. The highest BCUT2D eigenvalue weighted by Crippen LogP contribution is 2.27. The van der Waals surface area contributed by atoms with Gasteiger partial charge >= 0.3 is 0 Å². The normalized spacial score (nSPS) is 12.5. The van der Waals surface area contributed by atoms with Crippen molar-refractivity contribution in [2.75, 3.05) is 7.05 Å². The second-order valence-corrected chi connectivity index (χ2v) is 5.98. The third-order valence-electron chi connectivity index (χ3n) is 3.69. The van der Waals surface area contributed by atoms with Crippen molar-refractivity contribution in [2.45, 2.75) is 26.8 Å². The lowest BCUT2D eigenvalue weighted by atomic mass is 9.92. The minimum absolute atomic E-state index is 0.243. The molecule has 0 saturated heterocycles. The van der Waals surface area contributed by atoms with Gasteiger partial charge in [0.1, 0.15) is 0 Å². The van der Waals surface area contributed by atoms with E-state index in [9.17, 15) is 0 Å². The van der Waals surface area contributed by atoms with Crippen LogP contribution in [0.5, 0.6) is 0 Å². The molecule has 2 aromatic rings. The van der Waals surface area contributed by atoms with Crippen LogP contribution in [0, 0.1) is 20.8 Å². The van der Waals surface area contributed by atoms with Gasteiger partial charge in [0.2, 0.25) is 0 Å². The van der Waals surface area contributed by atoms with Crippen molar-refractivity contribution >= 4 is 15.9 Å². The largest absolute Gasteiger partial charge is 0.309 e. The van der Waals surface area contributed by atoms with Crippen molar-refractivity contribution in [3.05, 3.63) is 68.7 Å². The molecule has 0 bridgehead atoms. The van der Waals surface area contributed by atoms with Crippen molar-refractivity contribution in [1.29, 1.82) is 0 Å². The van der Waals surface area contributed by atoms with Crippen LogP contribution >= 0.6 is 15.9 Å². The Morgan fingerprint density at radius 1 is 0.895 bits per heavy atom. The molecule has 2 aromatic carbocycles. The number of benzene rings is 2. The van der Waals surface area contributed by atoms with Crippen LogP contribution in [0.25, 0.3) is 0 Å². The van der Waals surface area contributed by atoms with Crippen LogP contribution in [0.3, 0.4) is 0 Å². The summed E-state index contributed by atoms with van der Waals surface area (Å²) in [5, 5.41) is 3.43. The molecule has 1 N–H and O–H groups in total. The molecular weight excluding hydrogens is 298 g/mol. The van der Waals surface area contributed by atoms with E-state index in [4.69, 9.17) is 0 Å². The van der Waals surface area contributed by atoms with Crippen LogP contribution in [0.2, 0.25) is 0 Å². The average Bonchev–Trinajstić information content (AvgIpc) is 2.38. The number of halogens is 1. The van der Waals surface area contributed by atoms with Gasteiger partial charge in [-0.3, -0.25) is 0 Å². The standard InChI is InChI=1S/C17H20BrN/c1-11-9-13(3)16(10-12(11)2)17(19-4)14-5-7-15(18)8-6-14/h5-10,17,19H,1-4H3. The summed E-state index contributed by atoms with van der Waals surface area (Å²) < 4.78 is 1.11. The fraction of sp³-hybridized carbons (Fsp3) is 0.294. The van der Waals surface area contributed by atoms with Crippen LogP contribution < -0.4 is 5.32 Å². The van der Waals surface area contributed by atoms with Crippen molar-refractivity contribution in [3.8, 4) is 0 Å². The minimum Gasteiger partial charge on any atom is -0.309 e. The maximum Gasteiger partial charge on any atom is 0.0577 e. The number of rotatable bonds is 3. The summed E-state index contributed by atoms with van der Waals surface area (Å²) in [7, 11) is 2.02. The minimum atomic E-state index is 0.243. The van der Waals surface area contributed by atoms with Crippen LogP contribution in [0.15, 0.2) is 40.9 Å². The Hall–Kier alpha value is -1.12. The predicted molar refractivity (Wildman–Crippen MR) is 85.7 cm³/mol. The molecule has 0 amide bonds. The van der Waals surface area contributed by atoms with Gasteiger partial charge in [0.15, 0.2) is 0 Å². The van der Waals surface area contributed by atoms with Crippen molar-refractivity contribution < 1.29 is 0 Å². The van der Waals surface area contributed by atoms with Gasteiger partial charge in [-0.05, 0) is 67.8 Å². The molecule has 0 aliphatic rings. The van der Waals surface area contributed by atoms with E-state index in [1.807, 2.05) is 7.05 Å². The van der Waals surface area contributed by atoms with Gasteiger partial charge in [-0.25, -0.2) is 0 Å². The Morgan fingerprint density at radius 3 is 2.05 bits per heavy atom. The third-order valence-corrected chi connectivity index (χ3v) is 4.21. The molecule has 0 saturated carbocycles. The molecule has 100 valence electrons. The first kappa shape index (κ1) is 14.3. The highest BCUT2D eigenvalue weighted by Gasteiger charge is 2.15. The van der Waals surface area contributed by atoms with E-state index in [0.717, 1.165) is 4.47 Å². The first-order chi connectivity index (χ1) is 9.02. The first-order valence-electron chi connectivity index (χ1n) is 6.53. The lowest BCUT2D eigenvalue weighted by Gasteiger charge is -2.21. The molecule has 1 nitrogen and oxygen atoms in total. The molecular formula is C17H20BrN. The summed E-state index contributed by atoms with van der Waals surface area (Å²) in [6.07, 6.45) is 0. The van der Waals surface area contributed by atoms with Gasteiger partial charge in [-0.2, -0.15) is 0 Å². The van der Waals surface area contributed by atoms with E-state index in [1.165, 1.54) is 27.8 Å². The monoisotopic (exact) mass is 317 g/mol. The Morgan fingerprint density at radius 2 is 1.47 bits per heavy atom. The van der Waals surface area contributed by atoms with Crippen LogP contribution in [0.1, 0.15) is 33.9 Å². The molecule has 0 aliphatic carbocycles. The van der Waals surface area contributed by atoms with E-state index in [1.54, 1.807) is 0 Å². The lowest BCUT2D eigenvalue weighted by Crippen LogP contribution is -2.19. The Labute approximate surface area is 124 Å². The molecule has 0 radical (unpaired) electrons. The van der Waals surface area contributed by atoms with Crippen LogP contribution in [-0.2, 0) is 0 Å². The van der Waals surface area contributed by atoms with Crippen molar-refractivity contribution in [2.24, 2.45) is 0 Å². The molecule has 0 spiro atoms. The van der Waals surface area contributed by atoms with E-state index in [0.29, 0.717) is 0 Å². The topological polar surface area (TPSA) is 12.0 Å². The highest BCUT2D eigenvalue weighted by molar-refractivity contribution is 9.10. The molecule has 0 aromatic heterocycles. The van der Waals surface area contributed by atoms with E-state index in [-0.39, 0.29) is 6.04 Å². The average molecular weight is 318 g/mol. The van der Waals surface area contributed by atoms with Gasteiger partial charge < -0.3 is 5.32 Å². The summed E-state index contributed by atoms with van der Waals surface area (Å²) in [5.41, 5.74) is 6.68. The van der Waals surface area contributed by atoms with Gasteiger partial charge in [-0.15, -0.1) is 0 Å². The van der Waals surface area contributed by atoms with Gasteiger partial charge in [0.25, 0.3) is 0 Å². The zero-order valence-electron chi connectivity index (χ0n) is 11.9. The number of hydrogen-bond acceptors (Lipinski definition) is 1. The van der Waals surface area contributed by atoms with E-state index < -0.39 is 0 Å². The third kappa shape index (κ3) is 3.07. The predicted octanol–water partition coefficient (Wildman–Crippen LogP) is 4.68. The summed E-state index contributed by atoms with van der Waals surface area (Å²) >= 11 is 3.49. The zero-order valence-corrected chi connectivity index (χ0v) is 13.5. The van der Waals surface area contributed by atoms with Crippen molar-refractivity contribution in [3.63, 3.8) is 0 Å². The molecule has 19 heavy (non-hydrogen) atoms. The summed E-state index contributed by atoms with van der Waals surface area (Å²) in [5.74, 6) is 0. The van der Waals surface area contributed by atoms with Gasteiger partial charge in [0, 0.05) is 4.47 Å². The highest BCUT2D eigenvalue weighted by atomic mass is 79.9. The number of hydrogen-bond donors (Lipinski definition) is 1. The molecule has 1 unspecified atom stereocenters. The second kappa shape index (κ2) is 5.89. The van der Waals surface area contributed by atoms with Crippen molar-refractivity contribution in [1.82, 2.24) is 5.32 Å². The van der Waals surface area contributed by atoms with Crippen LogP contribution in [-0.4, -0.2) is 7.05 Å². The van der Waals surface area contributed by atoms with E-state index in [2.05, 4.69) is 78.4 Å². The summed E-state index contributed by atoms with van der Waals surface area (Å²) in [6.45, 7) is 6.53. The smallest absolute Gasteiger partial charge is 0.0577 e. The molecule has 0 fully saturated rings. The quantitative estimate of drug-likeness (QED) is 0.866. The first-order valence-corrected chi connectivity index (χ1v) is 7.32.